The topological polar surface area (TPSA) is 97.3 Å². The summed E-state index contributed by atoms with van der Waals surface area (Å²) in [6.07, 6.45) is 8.06. The van der Waals surface area contributed by atoms with E-state index in [0.29, 0.717) is 41.4 Å². The lowest BCUT2D eigenvalue weighted by atomic mass is 9.81. The van der Waals surface area contributed by atoms with Gasteiger partial charge in [-0.25, -0.2) is 13.1 Å². The summed E-state index contributed by atoms with van der Waals surface area (Å²) in [7, 11) is -3.78. The fourth-order valence-electron chi connectivity index (χ4n) is 6.06. The summed E-state index contributed by atoms with van der Waals surface area (Å²) >= 11 is 6.96. The van der Waals surface area contributed by atoms with Gasteiger partial charge in [0.2, 0.25) is 10.0 Å². The van der Waals surface area contributed by atoms with Crippen molar-refractivity contribution in [1.82, 2.24) is 14.6 Å². The molecule has 9 heteroatoms. The number of carbonyl (C=O) groups excluding carboxylic acids is 2. The van der Waals surface area contributed by atoms with Crippen LogP contribution >= 0.6 is 11.6 Å². The molecular formula is C31H38ClN3O4S. The number of halogens is 1. The SMILES string of the molecule is CC(C)(C)NS(=O)(=O)c1ccc(-c2cc(C(=O)NC3CC(C=O)C3)c(Cl)n2CC2CCCCC2)c2ccccc12. The van der Waals surface area contributed by atoms with E-state index in [1.165, 1.54) is 19.3 Å². The molecule has 0 radical (unpaired) electrons. The third-order valence-electron chi connectivity index (χ3n) is 8.03. The van der Waals surface area contributed by atoms with Crippen LogP contribution in [0.25, 0.3) is 22.0 Å². The van der Waals surface area contributed by atoms with Crippen molar-refractivity contribution in [3.63, 3.8) is 0 Å². The first kappa shape index (κ1) is 28.8. The van der Waals surface area contributed by atoms with Crippen LogP contribution in [0.5, 0.6) is 0 Å². The molecule has 7 nitrogen and oxygen atoms in total. The number of benzene rings is 2. The molecule has 0 aliphatic heterocycles. The van der Waals surface area contributed by atoms with Crippen molar-refractivity contribution in [2.75, 3.05) is 0 Å². The second-order valence-corrected chi connectivity index (χ2v) is 14.4. The molecule has 40 heavy (non-hydrogen) atoms. The van der Waals surface area contributed by atoms with Gasteiger partial charge in [-0.2, -0.15) is 0 Å². The first-order chi connectivity index (χ1) is 19.0. The Bertz CT molecular complexity index is 1530. The minimum absolute atomic E-state index is 0.00108. The number of aldehydes is 1. The smallest absolute Gasteiger partial charge is 0.254 e. The molecule has 1 heterocycles. The molecule has 2 aliphatic carbocycles. The Labute approximate surface area is 241 Å². The van der Waals surface area contributed by atoms with Crippen LogP contribution in [0.4, 0.5) is 0 Å². The number of aromatic nitrogens is 1. The van der Waals surface area contributed by atoms with E-state index in [-0.39, 0.29) is 22.8 Å². The second kappa shape index (κ2) is 11.3. The maximum Gasteiger partial charge on any atom is 0.254 e. The molecule has 214 valence electrons. The quantitative estimate of drug-likeness (QED) is 0.303. The lowest BCUT2D eigenvalue weighted by Crippen LogP contribution is -2.44. The predicted octanol–water partition coefficient (Wildman–Crippen LogP) is 6.33. The first-order valence-electron chi connectivity index (χ1n) is 14.2. The number of carbonyl (C=O) groups is 2. The van der Waals surface area contributed by atoms with Gasteiger partial charge in [0.15, 0.2) is 0 Å². The van der Waals surface area contributed by atoms with Crippen LogP contribution in [-0.2, 0) is 21.4 Å². The predicted molar refractivity (Wildman–Crippen MR) is 159 cm³/mol. The third kappa shape index (κ3) is 5.99. The fourth-order valence-corrected chi connectivity index (χ4v) is 7.99. The van der Waals surface area contributed by atoms with E-state index in [4.69, 9.17) is 11.6 Å². The van der Waals surface area contributed by atoms with Gasteiger partial charge in [0.1, 0.15) is 11.4 Å². The summed E-state index contributed by atoms with van der Waals surface area (Å²) in [5, 5.41) is 4.81. The number of fused-ring (bicyclic) bond motifs is 1. The van der Waals surface area contributed by atoms with Crippen LogP contribution < -0.4 is 10.0 Å². The van der Waals surface area contributed by atoms with E-state index in [0.717, 1.165) is 35.8 Å². The lowest BCUT2D eigenvalue weighted by molar-refractivity contribution is -0.113. The lowest BCUT2D eigenvalue weighted by Gasteiger charge is -2.32. The van der Waals surface area contributed by atoms with E-state index in [9.17, 15) is 18.0 Å². The summed E-state index contributed by atoms with van der Waals surface area (Å²) in [5.74, 6) is 0.206. The molecule has 2 saturated carbocycles. The highest BCUT2D eigenvalue weighted by atomic mass is 35.5. The molecule has 5 rings (SSSR count). The van der Waals surface area contributed by atoms with Crippen LogP contribution in [0.1, 0.15) is 76.1 Å². The van der Waals surface area contributed by atoms with Gasteiger partial charge in [0.05, 0.1) is 16.2 Å². The Morgan fingerprint density at radius 2 is 1.73 bits per heavy atom. The van der Waals surface area contributed by atoms with Crippen molar-refractivity contribution in [3.8, 4) is 11.3 Å². The number of nitrogens with one attached hydrogen (secondary N) is 2. The third-order valence-corrected chi connectivity index (χ3v) is 10.3. The Morgan fingerprint density at radius 3 is 2.38 bits per heavy atom. The summed E-state index contributed by atoms with van der Waals surface area (Å²) in [5.41, 5.74) is 1.39. The van der Waals surface area contributed by atoms with Crippen molar-refractivity contribution in [2.24, 2.45) is 11.8 Å². The average molecular weight is 584 g/mol. The number of nitrogens with zero attached hydrogens (tertiary/aromatic N) is 1. The standard InChI is InChI=1S/C31H38ClN3O4S/c1-31(2,3)34-40(38,39)28-14-13-24(23-11-7-8-12-25(23)28)27-17-26(30(37)33-22-15-21(16-22)19-36)29(32)35(27)18-20-9-5-4-6-10-20/h7-8,11-14,17,19-22,34H,4-6,9-10,15-16,18H2,1-3H3,(H,33,37). The summed E-state index contributed by atoms with van der Waals surface area (Å²) in [6, 6.07) is 12.7. The van der Waals surface area contributed by atoms with Crippen molar-refractivity contribution < 1.29 is 18.0 Å². The normalized spacial score (nSPS) is 20.3. The van der Waals surface area contributed by atoms with Crippen molar-refractivity contribution in [2.45, 2.75) is 88.7 Å². The zero-order valence-electron chi connectivity index (χ0n) is 23.4. The Morgan fingerprint density at radius 1 is 1.05 bits per heavy atom. The van der Waals surface area contributed by atoms with E-state index in [1.807, 2.05) is 61.7 Å². The fraction of sp³-hybridized carbons (Fsp3) is 0.484. The monoisotopic (exact) mass is 583 g/mol. The Balaban J connectivity index is 1.59. The zero-order chi connectivity index (χ0) is 28.7. The Kier molecular flexibility index (Phi) is 8.15. The maximum atomic E-state index is 13.4. The van der Waals surface area contributed by atoms with Gasteiger partial charge in [-0.3, -0.25) is 4.79 Å². The van der Waals surface area contributed by atoms with Crippen LogP contribution in [0, 0.1) is 11.8 Å². The average Bonchev–Trinajstić information content (AvgIpc) is 3.20. The molecule has 3 aromatic rings. The molecule has 0 unspecified atom stereocenters. The van der Waals surface area contributed by atoms with E-state index in [1.54, 1.807) is 6.07 Å². The van der Waals surface area contributed by atoms with Crippen molar-refractivity contribution in [1.29, 1.82) is 0 Å². The molecule has 2 N–H and O–H groups in total. The molecule has 0 atom stereocenters. The highest BCUT2D eigenvalue weighted by molar-refractivity contribution is 7.89. The molecule has 1 amide bonds. The number of sulfonamides is 1. The summed E-state index contributed by atoms with van der Waals surface area (Å²) in [4.78, 5) is 24.6. The molecule has 2 fully saturated rings. The first-order valence-corrected chi connectivity index (χ1v) is 16.0. The van der Waals surface area contributed by atoms with Crippen molar-refractivity contribution >= 4 is 44.6 Å². The zero-order valence-corrected chi connectivity index (χ0v) is 24.9. The van der Waals surface area contributed by atoms with E-state index < -0.39 is 15.6 Å². The van der Waals surface area contributed by atoms with Gasteiger partial charge < -0.3 is 14.7 Å². The van der Waals surface area contributed by atoms with Gasteiger partial charge in [-0.15, -0.1) is 0 Å². The van der Waals surface area contributed by atoms with Crippen LogP contribution in [0.3, 0.4) is 0 Å². The molecule has 2 aromatic carbocycles. The second-order valence-electron chi connectivity index (χ2n) is 12.4. The number of hydrogen-bond acceptors (Lipinski definition) is 4. The maximum absolute atomic E-state index is 13.4. The van der Waals surface area contributed by atoms with E-state index >= 15 is 0 Å². The highest BCUT2D eigenvalue weighted by Crippen LogP contribution is 2.38. The molecule has 1 aromatic heterocycles. The minimum Gasteiger partial charge on any atom is -0.349 e. The molecule has 0 saturated heterocycles. The molecule has 0 bridgehead atoms. The largest absolute Gasteiger partial charge is 0.349 e. The van der Waals surface area contributed by atoms with Crippen molar-refractivity contribution in [3.05, 3.63) is 53.2 Å². The molecule has 2 aliphatic rings. The number of hydrogen-bond donors (Lipinski definition) is 2. The van der Waals surface area contributed by atoms with Gasteiger partial charge in [-0.05, 0) is 69.9 Å². The van der Waals surface area contributed by atoms with Gasteiger partial charge in [0, 0.05) is 35.0 Å². The highest BCUT2D eigenvalue weighted by Gasteiger charge is 2.32. The Hall–Kier alpha value is -2.68. The molecule has 0 spiro atoms. The van der Waals surface area contributed by atoms with Gasteiger partial charge in [-0.1, -0.05) is 61.2 Å². The summed E-state index contributed by atoms with van der Waals surface area (Å²) < 4.78 is 31.5. The van der Waals surface area contributed by atoms with Crippen LogP contribution in [-0.4, -0.2) is 36.8 Å². The van der Waals surface area contributed by atoms with Crippen LogP contribution in [0.2, 0.25) is 5.15 Å². The van der Waals surface area contributed by atoms with Gasteiger partial charge in [0.25, 0.3) is 5.91 Å². The number of amides is 1. The van der Waals surface area contributed by atoms with Crippen LogP contribution in [0.15, 0.2) is 47.4 Å². The minimum atomic E-state index is -3.78. The summed E-state index contributed by atoms with van der Waals surface area (Å²) in [6.45, 7) is 6.14. The number of rotatable bonds is 8. The van der Waals surface area contributed by atoms with E-state index in [2.05, 4.69) is 10.0 Å². The van der Waals surface area contributed by atoms with Gasteiger partial charge >= 0.3 is 0 Å². The molecular weight excluding hydrogens is 546 g/mol.